The van der Waals surface area contributed by atoms with Crippen LogP contribution in [-0.4, -0.2) is 16.2 Å². The van der Waals surface area contributed by atoms with Crippen LogP contribution in [0.5, 0.6) is 5.75 Å². The Balaban J connectivity index is 1.91. The Bertz CT molecular complexity index is 871. The van der Waals surface area contributed by atoms with Crippen LogP contribution < -0.4 is 0 Å². The van der Waals surface area contributed by atoms with Crippen LogP contribution in [0.25, 0.3) is 10.8 Å². The number of phenols is 1. The summed E-state index contributed by atoms with van der Waals surface area (Å²) in [5.41, 5.74) is 1.06. The lowest BCUT2D eigenvalue weighted by Crippen LogP contribution is -1.93. The summed E-state index contributed by atoms with van der Waals surface area (Å²) >= 11 is 0. The number of carboxylic acid groups (broad SMARTS) is 1. The maximum Gasteiger partial charge on any atom is 0.335 e. The number of aromatic carboxylic acids is 1. The van der Waals surface area contributed by atoms with Gasteiger partial charge in [0.25, 0.3) is 0 Å². The molecule has 2 N–H and O–H groups in total. The Morgan fingerprint density at radius 3 is 2.14 bits per heavy atom. The average Bonchev–Trinajstić information content (AvgIpc) is 2.53. The SMILES string of the molecule is O=C(O)c1ccc(N=Nc2cc3ccccc3cc2O)cc1. The Hall–Kier alpha value is -3.21. The van der Waals surface area contributed by atoms with Crippen molar-refractivity contribution in [1.29, 1.82) is 0 Å². The van der Waals surface area contributed by atoms with Crippen molar-refractivity contribution in [3.05, 3.63) is 66.2 Å². The van der Waals surface area contributed by atoms with Crippen molar-refractivity contribution in [2.24, 2.45) is 10.2 Å². The molecule has 0 unspecified atom stereocenters. The van der Waals surface area contributed by atoms with Gasteiger partial charge < -0.3 is 10.2 Å². The first kappa shape index (κ1) is 13.8. The first-order valence-electron chi connectivity index (χ1n) is 6.60. The van der Waals surface area contributed by atoms with E-state index in [1.165, 1.54) is 12.1 Å². The maximum atomic E-state index is 10.8. The second-order valence-electron chi connectivity index (χ2n) is 4.74. The molecular weight excluding hydrogens is 280 g/mol. The van der Waals surface area contributed by atoms with Crippen molar-refractivity contribution >= 4 is 28.1 Å². The second kappa shape index (κ2) is 5.65. The number of hydrogen-bond donors (Lipinski definition) is 2. The van der Waals surface area contributed by atoms with Crippen molar-refractivity contribution in [1.82, 2.24) is 0 Å². The van der Waals surface area contributed by atoms with Crippen LogP contribution in [0.15, 0.2) is 70.9 Å². The number of nitrogens with zero attached hydrogens (tertiary/aromatic N) is 2. The average molecular weight is 292 g/mol. The minimum atomic E-state index is -0.990. The van der Waals surface area contributed by atoms with E-state index in [0.717, 1.165) is 10.8 Å². The zero-order valence-electron chi connectivity index (χ0n) is 11.5. The van der Waals surface area contributed by atoms with Crippen molar-refractivity contribution < 1.29 is 15.0 Å². The molecule has 0 aliphatic rings. The summed E-state index contributed by atoms with van der Waals surface area (Å²) in [6.07, 6.45) is 0. The summed E-state index contributed by atoms with van der Waals surface area (Å²) < 4.78 is 0. The lowest BCUT2D eigenvalue weighted by atomic mass is 10.1. The third-order valence-electron chi connectivity index (χ3n) is 3.23. The highest BCUT2D eigenvalue weighted by atomic mass is 16.4. The van der Waals surface area contributed by atoms with E-state index >= 15 is 0 Å². The van der Waals surface area contributed by atoms with E-state index in [9.17, 15) is 9.90 Å². The number of rotatable bonds is 3. The molecule has 0 saturated carbocycles. The predicted octanol–water partition coefficient (Wildman–Crippen LogP) is 4.66. The fraction of sp³-hybridized carbons (Fsp3) is 0. The van der Waals surface area contributed by atoms with Gasteiger partial charge in [0.05, 0.1) is 11.3 Å². The molecular formula is C17H12N2O3. The monoisotopic (exact) mass is 292 g/mol. The topological polar surface area (TPSA) is 82.2 Å². The van der Waals surface area contributed by atoms with E-state index in [-0.39, 0.29) is 11.3 Å². The molecule has 0 spiro atoms. The van der Waals surface area contributed by atoms with Gasteiger partial charge in [0, 0.05) is 0 Å². The number of aromatic hydroxyl groups is 1. The Morgan fingerprint density at radius 2 is 1.50 bits per heavy atom. The van der Waals surface area contributed by atoms with Crippen LogP contribution in [0.4, 0.5) is 11.4 Å². The third kappa shape index (κ3) is 2.78. The summed E-state index contributed by atoms with van der Waals surface area (Å²) in [6.45, 7) is 0. The molecule has 108 valence electrons. The first-order chi connectivity index (χ1) is 10.6. The summed E-state index contributed by atoms with van der Waals surface area (Å²) in [7, 11) is 0. The van der Waals surface area contributed by atoms with Crippen molar-refractivity contribution in [2.75, 3.05) is 0 Å². The normalized spacial score (nSPS) is 11.1. The molecule has 0 amide bonds. The number of carbonyl (C=O) groups is 1. The van der Waals surface area contributed by atoms with Gasteiger partial charge in [-0.05, 0) is 47.2 Å². The molecule has 3 aromatic carbocycles. The van der Waals surface area contributed by atoms with Crippen LogP contribution in [0.2, 0.25) is 0 Å². The standard InChI is InChI=1S/C17H12N2O3/c20-16-10-13-4-2-1-3-12(13)9-15(16)19-18-14-7-5-11(6-8-14)17(21)22/h1-10,20H,(H,21,22). The van der Waals surface area contributed by atoms with E-state index in [0.29, 0.717) is 11.4 Å². The molecule has 0 saturated heterocycles. The van der Waals surface area contributed by atoms with E-state index in [2.05, 4.69) is 10.2 Å². The van der Waals surface area contributed by atoms with Crippen molar-refractivity contribution in [3.63, 3.8) is 0 Å². The number of carboxylic acids is 1. The van der Waals surface area contributed by atoms with Gasteiger partial charge in [0.1, 0.15) is 11.4 Å². The Kier molecular flexibility index (Phi) is 3.53. The molecule has 0 aromatic heterocycles. The zero-order chi connectivity index (χ0) is 15.5. The highest BCUT2D eigenvalue weighted by Crippen LogP contribution is 2.32. The van der Waals surface area contributed by atoms with Crippen LogP contribution in [0, 0.1) is 0 Å². The molecule has 0 heterocycles. The summed E-state index contributed by atoms with van der Waals surface area (Å²) in [5, 5.41) is 28.7. The van der Waals surface area contributed by atoms with E-state index in [1.54, 1.807) is 24.3 Å². The highest BCUT2D eigenvalue weighted by molar-refractivity contribution is 5.88. The smallest absolute Gasteiger partial charge is 0.335 e. The van der Waals surface area contributed by atoms with Crippen molar-refractivity contribution in [2.45, 2.75) is 0 Å². The summed E-state index contributed by atoms with van der Waals surface area (Å²) in [5.74, 6) is -0.944. The molecule has 22 heavy (non-hydrogen) atoms. The van der Waals surface area contributed by atoms with Gasteiger partial charge in [-0.25, -0.2) is 4.79 Å². The largest absolute Gasteiger partial charge is 0.506 e. The number of azo groups is 1. The number of phenolic OH excluding ortho intramolecular Hbond substituents is 1. The lowest BCUT2D eigenvalue weighted by molar-refractivity contribution is 0.0697. The molecule has 0 aliphatic carbocycles. The fourth-order valence-electron chi connectivity index (χ4n) is 2.08. The van der Waals surface area contributed by atoms with Crippen LogP contribution >= 0.6 is 0 Å². The van der Waals surface area contributed by atoms with Gasteiger partial charge in [-0.2, -0.15) is 5.11 Å². The predicted molar refractivity (Wildman–Crippen MR) is 83.2 cm³/mol. The van der Waals surface area contributed by atoms with Gasteiger partial charge in [-0.15, -0.1) is 5.11 Å². The van der Waals surface area contributed by atoms with Gasteiger partial charge in [0.2, 0.25) is 0 Å². The number of benzene rings is 3. The molecule has 5 nitrogen and oxygen atoms in total. The number of fused-ring (bicyclic) bond motifs is 1. The molecule has 5 heteroatoms. The Labute approximate surface area is 126 Å². The minimum Gasteiger partial charge on any atom is -0.506 e. The summed E-state index contributed by atoms with van der Waals surface area (Å²) in [4.78, 5) is 10.8. The molecule has 0 bridgehead atoms. The first-order valence-corrected chi connectivity index (χ1v) is 6.60. The molecule has 3 rings (SSSR count). The van der Waals surface area contributed by atoms with E-state index in [1.807, 2.05) is 24.3 Å². The zero-order valence-corrected chi connectivity index (χ0v) is 11.5. The Morgan fingerprint density at radius 1 is 0.864 bits per heavy atom. The van der Waals surface area contributed by atoms with E-state index in [4.69, 9.17) is 5.11 Å². The second-order valence-corrected chi connectivity index (χ2v) is 4.74. The molecule has 3 aromatic rings. The highest BCUT2D eigenvalue weighted by Gasteiger charge is 2.04. The van der Waals surface area contributed by atoms with Crippen molar-refractivity contribution in [3.8, 4) is 5.75 Å². The van der Waals surface area contributed by atoms with Crippen LogP contribution in [0.1, 0.15) is 10.4 Å². The van der Waals surface area contributed by atoms with Gasteiger partial charge in [-0.3, -0.25) is 0 Å². The van der Waals surface area contributed by atoms with E-state index < -0.39 is 5.97 Å². The lowest BCUT2D eigenvalue weighted by Gasteiger charge is -2.02. The number of hydrogen-bond acceptors (Lipinski definition) is 4. The van der Waals surface area contributed by atoms with Gasteiger partial charge >= 0.3 is 5.97 Å². The molecule has 0 radical (unpaired) electrons. The molecule has 0 fully saturated rings. The minimum absolute atomic E-state index is 0.0459. The van der Waals surface area contributed by atoms with Gasteiger partial charge in [-0.1, -0.05) is 24.3 Å². The van der Waals surface area contributed by atoms with Gasteiger partial charge in [0.15, 0.2) is 0 Å². The molecule has 0 atom stereocenters. The third-order valence-corrected chi connectivity index (χ3v) is 3.23. The van der Waals surface area contributed by atoms with Crippen LogP contribution in [0.3, 0.4) is 0 Å². The fourth-order valence-corrected chi connectivity index (χ4v) is 2.08. The van der Waals surface area contributed by atoms with Crippen LogP contribution in [-0.2, 0) is 0 Å². The molecule has 0 aliphatic heterocycles. The quantitative estimate of drug-likeness (QED) is 0.689. The maximum absolute atomic E-state index is 10.8. The summed E-state index contributed by atoms with van der Waals surface area (Å²) in [6, 6.07) is 17.1.